The van der Waals surface area contributed by atoms with E-state index in [1.54, 1.807) is 0 Å². The first-order valence-corrected chi connectivity index (χ1v) is 3.90. The van der Waals surface area contributed by atoms with Gasteiger partial charge in [0.15, 0.2) is 0 Å². The van der Waals surface area contributed by atoms with Crippen LogP contribution in [0.15, 0.2) is 0 Å². The van der Waals surface area contributed by atoms with E-state index in [1.807, 2.05) is 0 Å². The number of hydrogen-bond acceptors (Lipinski definition) is 1. The molecule has 0 aromatic rings. The van der Waals surface area contributed by atoms with Crippen LogP contribution in [0.5, 0.6) is 0 Å². The zero-order valence-corrected chi connectivity index (χ0v) is 6.72. The van der Waals surface area contributed by atoms with Gasteiger partial charge in [0.25, 0.3) is 0 Å². The van der Waals surface area contributed by atoms with Crippen molar-refractivity contribution in [2.75, 3.05) is 13.6 Å². The van der Waals surface area contributed by atoms with Gasteiger partial charge >= 0.3 is 0 Å². The van der Waals surface area contributed by atoms with Gasteiger partial charge in [0.1, 0.15) is 0 Å². The molecular formula is C8H17N. The summed E-state index contributed by atoms with van der Waals surface area (Å²) in [6.45, 7) is 5.94. The molecular weight excluding hydrogens is 110 g/mol. The summed E-state index contributed by atoms with van der Waals surface area (Å²) in [4.78, 5) is 2.45. The van der Waals surface area contributed by atoms with Gasteiger partial charge in [0, 0.05) is 12.6 Å². The molecule has 1 rings (SSSR count). The number of hydrogen-bond donors (Lipinski definition) is 0. The molecule has 1 saturated heterocycles. The summed E-state index contributed by atoms with van der Waals surface area (Å²) in [5.74, 6) is 0.922. The maximum absolute atomic E-state index is 2.45. The summed E-state index contributed by atoms with van der Waals surface area (Å²) in [5.41, 5.74) is 0. The highest BCUT2D eigenvalue weighted by molar-refractivity contribution is 4.73. The summed E-state index contributed by atoms with van der Waals surface area (Å²) in [6, 6.07) is 0.821. The maximum Gasteiger partial charge on any atom is 0.00641 e. The molecule has 0 amide bonds. The van der Waals surface area contributed by atoms with Crippen molar-refractivity contribution < 1.29 is 0 Å². The van der Waals surface area contributed by atoms with E-state index >= 15 is 0 Å². The van der Waals surface area contributed by atoms with E-state index in [-0.39, 0.29) is 0 Å². The van der Waals surface area contributed by atoms with Gasteiger partial charge in [0.2, 0.25) is 0 Å². The summed E-state index contributed by atoms with van der Waals surface area (Å²) >= 11 is 0. The van der Waals surface area contributed by atoms with Crippen molar-refractivity contribution in [3.05, 3.63) is 0 Å². The lowest BCUT2D eigenvalue weighted by Crippen LogP contribution is -2.37. The van der Waals surface area contributed by atoms with Gasteiger partial charge in [-0.2, -0.15) is 0 Å². The number of piperidine rings is 1. The summed E-state index contributed by atoms with van der Waals surface area (Å²) in [6.07, 6.45) is 2.81. The van der Waals surface area contributed by atoms with Gasteiger partial charge in [-0.05, 0) is 32.7 Å². The van der Waals surface area contributed by atoms with Gasteiger partial charge in [-0.1, -0.05) is 6.92 Å². The molecule has 0 aliphatic carbocycles. The second-order valence-electron chi connectivity index (χ2n) is 3.47. The standard InChI is InChI=1S/C8H17N/c1-7-4-5-8(2)9(3)6-7/h7-8H,4-6H2,1-3H3/t7-,8+/m0/s1. The predicted octanol–water partition coefficient (Wildman–Crippen LogP) is 1.74. The molecule has 0 aromatic heterocycles. The van der Waals surface area contributed by atoms with E-state index in [2.05, 4.69) is 25.8 Å². The number of rotatable bonds is 0. The van der Waals surface area contributed by atoms with E-state index in [9.17, 15) is 0 Å². The Morgan fingerprint density at radius 3 is 2.33 bits per heavy atom. The largest absolute Gasteiger partial charge is 0.303 e. The first kappa shape index (κ1) is 7.07. The Bertz CT molecular complexity index is 90.6. The van der Waals surface area contributed by atoms with Gasteiger partial charge in [-0.3, -0.25) is 0 Å². The topological polar surface area (TPSA) is 3.24 Å². The normalized spacial score (nSPS) is 39.0. The van der Waals surface area contributed by atoms with E-state index < -0.39 is 0 Å². The Morgan fingerprint density at radius 2 is 1.89 bits per heavy atom. The van der Waals surface area contributed by atoms with E-state index in [0.717, 1.165) is 12.0 Å². The first-order chi connectivity index (χ1) is 4.20. The second kappa shape index (κ2) is 2.70. The van der Waals surface area contributed by atoms with Gasteiger partial charge in [-0.15, -0.1) is 0 Å². The fourth-order valence-corrected chi connectivity index (χ4v) is 1.51. The Labute approximate surface area is 58.0 Å². The monoisotopic (exact) mass is 127 g/mol. The molecule has 0 saturated carbocycles. The molecule has 0 radical (unpaired) electrons. The molecule has 54 valence electrons. The third-order valence-corrected chi connectivity index (χ3v) is 2.43. The first-order valence-electron chi connectivity index (χ1n) is 3.90. The Hall–Kier alpha value is -0.0400. The molecule has 1 heteroatoms. The molecule has 1 aliphatic rings. The Kier molecular flexibility index (Phi) is 2.12. The van der Waals surface area contributed by atoms with Crippen LogP contribution >= 0.6 is 0 Å². The third kappa shape index (κ3) is 1.68. The molecule has 0 spiro atoms. The van der Waals surface area contributed by atoms with Crippen molar-refractivity contribution in [1.82, 2.24) is 4.90 Å². The van der Waals surface area contributed by atoms with Crippen LogP contribution in [0.1, 0.15) is 26.7 Å². The molecule has 2 atom stereocenters. The molecule has 0 unspecified atom stereocenters. The molecule has 0 bridgehead atoms. The SMILES string of the molecule is C[C@H]1CC[C@@H](C)N(C)C1. The fourth-order valence-electron chi connectivity index (χ4n) is 1.51. The highest BCUT2D eigenvalue weighted by Gasteiger charge is 2.18. The minimum atomic E-state index is 0.821. The molecule has 9 heavy (non-hydrogen) atoms. The van der Waals surface area contributed by atoms with Gasteiger partial charge in [-0.25, -0.2) is 0 Å². The maximum atomic E-state index is 2.45. The second-order valence-corrected chi connectivity index (χ2v) is 3.47. The van der Waals surface area contributed by atoms with Crippen LogP contribution in [0.25, 0.3) is 0 Å². The Balaban J connectivity index is 2.35. The molecule has 1 nitrogen and oxygen atoms in total. The van der Waals surface area contributed by atoms with Crippen molar-refractivity contribution in [2.45, 2.75) is 32.7 Å². The van der Waals surface area contributed by atoms with Crippen molar-refractivity contribution >= 4 is 0 Å². The van der Waals surface area contributed by atoms with Crippen molar-refractivity contribution in [1.29, 1.82) is 0 Å². The highest BCUT2D eigenvalue weighted by Crippen LogP contribution is 2.18. The third-order valence-electron chi connectivity index (χ3n) is 2.43. The van der Waals surface area contributed by atoms with Crippen LogP contribution in [0.4, 0.5) is 0 Å². The fraction of sp³-hybridized carbons (Fsp3) is 1.00. The quantitative estimate of drug-likeness (QED) is 0.479. The minimum absolute atomic E-state index is 0.821. The number of nitrogens with zero attached hydrogens (tertiary/aromatic N) is 1. The lowest BCUT2D eigenvalue weighted by atomic mass is 9.96. The lowest BCUT2D eigenvalue weighted by molar-refractivity contribution is 0.158. The van der Waals surface area contributed by atoms with E-state index in [4.69, 9.17) is 0 Å². The highest BCUT2D eigenvalue weighted by atomic mass is 15.1. The average Bonchev–Trinajstić information content (AvgIpc) is 1.80. The van der Waals surface area contributed by atoms with Crippen molar-refractivity contribution in [2.24, 2.45) is 5.92 Å². The predicted molar refractivity (Wildman–Crippen MR) is 40.5 cm³/mol. The summed E-state index contributed by atoms with van der Waals surface area (Å²) in [7, 11) is 2.22. The van der Waals surface area contributed by atoms with Gasteiger partial charge in [0.05, 0.1) is 0 Å². The lowest BCUT2D eigenvalue weighted by Gasteiger charge is -2.33. The van der Waals surface area contributed by atoms with Crippen molar-refractivity contribution in [3.8, 4) is 0 Å². The summed E-state index contributed by atoms with van der Waals surface area (Å²) in [5, 5.41) is 0. The zero-order chi connectivity index (χ0) is 6.85. The zero-order valence-electron chi connectivity index (χ0n) is 6.72. The average molecular weight is 127 g/mol. The van der Waals surface area contributed by atoms with Crippen LogP contribution in [0.3, 0.4) is 0 Å². The molecule has 1 heterocycles. The van der Waals surface area contributed by atoms with Crippen LogP contribution in [-0.2, 0) is 0 Å². The Morgan fingerprint density at radius 1 is 1.22 bits per heavy atom. The molecule has 0 aromatic carbocycles. The molecule has 0 N–H and O–H groups in total. The van der Waals surface area contributed by atoms with E-state index in [0.29, 0.717) is 0 Å². The van der Waals surface area contributed by atoms with Crippen LogP contribution < -0.4 is 0 Å². The minimum Gasteiger partial charge on any atom is -0.303 e. The smallest absolute Gasteiger partial charge is 0.00641 e. The van der Waals surface area contributed by atoms with Crippen LogP contribution in [0.2, 0.25) is 0 Å². The molecule has 1 fully saturated rings. The number of likely N-dealkylation sites (tertiary alicyclic amines) is 1. The molecule has 1 aliphatic heterocycles. The van der Waals surface area contributed by atoms with Gasteiger partial charge < -0.3 is 4.90 Å². The summed E-state index contributed by atoms with van der Waals surface area (Å²) < 4.78 is 0. The van der Waals surface area contributed by atoms with E-state index in [1.165, 1.54) is 19.4 Å². The van der Waals surface area contributed by atoms with Crippen molar-refractivity contribution in [3.63, 3.8) is 0 Å². The van der Waals surface area contributed by atoms with Crippen LogP contribution in [0, 0.1) is 5.92 Å². The van der Waals surface area contributed by atoms with Crippen LogP contribution in [-0.4, -0.2) is 24.5 Å².